The van der Waals surface area contributed by atoms with Crippen LogP contribution in [0.15, 0.2) is 55.1 Å². The van der Waals surface area contributed by atoms with Crippen LogP contribution in [0, 0.1) is 11.8 Å². The van der Waals surface area contributed by atoms with Crippen molar-refractivity contribution in [1.29, 1.82) is 0 Å². The van der Waals surface area contributed by atoms with Crippen molar-refractivity contribution in [2.24, 2.45) is 11.8 Å². The van der Waals surface area contributed by atoms with Crippen LogP contribution >= 0.6 is 0 Å². The lowest BCUT2D eigenvalue weighted by Crippen LogP contribution is -2.12. The fourth-order valence-corrected chi connectivity index (χ4v) is 5.08. The Kier molecular flexibility index (Phi) is 9.72. The topological polar surface area (TPSA) is 9.23 Å². The van der Waals surface area contributed by atoms with Crippen molar-refractivity contribution in [3.8, 4) is 16.9 Å². The Morgan fingerprint density at radius 2 is 1.65 bits per heavy atom. The maximum absolute atomic E-state index is 5.48. The molecule has 168 valence electrons. The van der Waals surface area contributed by atoms with Gasteiger partial charge >= 0.3 is 0 Å². The predicted octanol–water partition coefficient (Wildman–Crippen LogP) is 8.80. The molecule has 0 N–H and O–H groups in total. The molecule has 1 saturated carbocycles. The standard InChI is InChI=1S/C30H42O/c1-4-6-7-12-28-23-29(31-3)21-22-30(28)27-19-17-26(18-20-27)11-9-8-10-25-15-13-24(5-2)14-16-25/h5,17-25H,2,4,6-16H2,1,3H3. The Morgan fingerprint density at radius 3 is 2.32 bits per heavy atom. The largest absolute Gasteiger partial charge is 0.497 e. The first kappa shape index (κ1) is 23.6. The Hall–Kier alpha value is -2.02. The highest BCUT2D eigenvalue weighted by molar-refractivity contribution is 5.68. The normalized spacial score (nSPS) is 18.6. The molecule has 31 heavy (non-hydrogen) atoms. The van der Waals surface area contributed by atoms with Crippen LogP contribution < -0.4 is 4.74 Å². The van der Waals surface area contributed by atoms with Gasteiger partial charge in [-0.1, -0.05) is 69.0 Å². The average molecular weight is 419 g/mol. The highest BCUT2D eigenvalue weighted by atomic mass is 16.5. The van der Waals surface area contributed by atoms with Crippen LogP contribution in [-0.4, -0.2) is 7.11 Å². The summed E-state index contributed by atoms with van der Waals surface area (Å²) in [5.41, 5.74) is 5.57. The third-order valence-corrected chi connectivity index (χ3v) is 7.18. The monoisotopic (exact) mass is 418 g/mol. The molecule has 0 atom stereocenters. The molecule has 0 aromatic heterocycles. The molecule has 0 radical (unpaired) electrons. The zero-order valence-electron chi connectivity index (χ0n) is 19.9. The molecule has 0 amide bonds. The van der Waals surface area contributed by atoms with Gasteiger partial charge in [0.15, 0.2) is 0 Å². The van der Waals surface area contributed by atoms with E-state index in [1.54, 1.807) is 7.11 Å². The Bertz CT molecular complexity index is 781. The van der Waals surface area contributed by atoms with Crippen molar-refractivity contribution < 1.29 is 4.74 Å². The van der Waals surface area contributed by atoms with Gasteiger partial charge in [0.25, 0.3) is 0 Å². The van der Waals surface area contributed by atoms with Crippen LogP contribution in [0.4, 0.5) is 0 Å². The quantitative estimate of drug-likeness (QED) is 0.247. The van der Waals surface area contributed by atoms with E-state index in [4.69, 9.17) is 4.74 Å². The molecule has 1 nitrogen and oxygen atoms in total. The van der Waals surface area contributed by atoms with Gasteiger partial charge < -0.3 is 4.74 Å². The fourth-order valence-electron chi connectivity index (χ4n) is 5.08. The average Bonchev–Trinajstić information content (AvgIpc) is 2.83. The van der Waals surface area contributed by atoms with Gasteiger partial charge in [0.2, 0.25) is 0 Å². The highest BCUT2D eigenvalue weighted by Crippen LogP contribution is 2.33. The van der Waals surface area contributed by atoms with Crippen LogP contribution in [-0.2, 0) is 12.8 Å². The highest BCUT2D eigenvalue weighted by Gasteiger charge is 2.18. The molecular weight excluding hydrogens is 376 g/mol. The van der Waals surface area contributed by atoms with E-state index in [0.29, 0.717) is 0 Å². The third-order valence-electron chi connectivity index (χ3n) is 7.18. The zero-order chi connectivity index (χ0) is 21.9. The Labute approximate surface area is 190 Å². The summed E-state index contributed by atoms with van der Waals surface area (Å²) in [4.78, 5) is 0. The van der Waals surface area contributed by atoms with Gasteiger partial charge in [0.1, 0.15) is 5.75 Å². The van der Waals surface area contributed by atoms with E-state index in [0.717, 1.165) is 24.0 Å². The molecule has 1 aliphatic carbocycles. The second-order valence-electron chi connectivity index (χ2n) is 9.44. The van der Waals surface area contributed by atoms with Gasteiger partial charge in [-0.3, -0.25) is 0 Å². The van der Waals surface area contributed by atoms with Crippen LogP contribution in [0.5, 0.6) is 5.75 Å². The summed E-state index contributed by atoms with van der Waals surface area (Å²) in [6, 6.07) is 15.9. The lowest BCUT2D eigenvalue weighted by molar-refractivity contribution is 0.290. The van der Waals surface area contributed by atoms with Gasteiger partial charge in [0, 0.05) is 0 Å². The SMILES string of the molecule is C=CC1CCC(CCCCc2ccc(-c3ccc(OC)cc3CCCCC)cc2)CC1. The molecule has 3 rings (SSSR count). The summed E-state index contributed by atoms with van der Waals surface area (Å²) in [5, 5.41) is 0. The van der Waals surface area contributed by atoms with Crippen LogP contribution in [0.25, 0.3) is 11.1 Å². The first-order valence-corrected chi connectivity index (χ1v) is 12.6. The summed E-state index contributed by atoms with van der Waals surface area (Å²) in [6.07, 6.45) is 17.9. The lowest BCUT2D eigenvalue weighted by Gasteiger charge is -2.26. The molecule has 0 unspecified atom stereocenters. The van der Waals surface area contributed by atoms with E-state index in [1.165, 1.54) is 92.9 Å². The minimum absolute atomic E-state index is 0.785. The number of rotatable bonds is 12. The number of hydrogen-bond acceptors (Lipinski definition) is 1. The number of aryl methyl sites for hydroxylation is 2. The van der Waals surface area contributed by atoms with Crippen molar-refractivity contribution in [3.63, 3.8) is 0 Å². The van der Waals surface area contributed by atoms with Crippen molar-refractivity contribution in [3.05, 3.63) is 66.2 Å². The Morgan fingerprint density at radius 1 is 0.903 bits per heavy atom. The second kappa shape index (κ2) is 12.7. The number of unbranched alkanes of at least 4 members (excludes halogenated alkanes) is 3. The predicted molar refractivity (Wildman–Crippen MR) is 135 cm³/mol. The molecule has 1 fully saturated rings. The molecule has 0 saturated heterocycles. The third kappa shape index (κ3) is 7.27. The van der Waals surface area contributed by atoms with Gasteiger partial charge in [0.05, 0.1) is 7.11 Å². The molecule has 2 aromatic carbocycles. The molecular formula is C30H42O. The second-order valence-corrected chi connectivity index (χ2v) is 9.44. The van der Waals surface area contributed by atoms with Gasteiger partial charge in [-0.15, -0.1) is 6.58 Å². The molecule has 0 heterocycles. The molecule has 0 bridgehead atoms. The van der Waals surface area contributed by atoms with Crippen LogP contribution in [0.3, 0.4) is 0 Å². The molecule has 1 aliphatic rings. The molecule has 0 spiro atoms. The zero-order valence-corrected chi connectivity index (χ0v) is 19.9. The first-order chi connectivity index (χ1) is 15.2. The van der Waals surface area contributed by atoms with E-state index >= 15 is 0 Å². The summed E-state index contributed by atoms with van der Waals surface area (Å²) in [6.45, 7) is 6.23. The number of hydrogen-bond donors (Lipinski definition) is 0. The van der Waals surface area contributed by atoms with E-state index in [-0.39, 0.29) is 0 Å². The number of benzene rings is 2. The summed E-state index contributed by atoms with van der Waals surface area (Å²) in [5.74, 6) is 2.71. The first-order valence-electron chi connectivity index (χ1n) is 12.6. The minimum Gasteiger partial charge on any atom is -0.497 e. The van der Waals surface area contributed by atoms with E-state index in [1.807, 2.05) is 0 Å². The van der Waals surface area contributed by atoms with E-state index in [9.17, 15) is 0 Å². The van der Waals surface area contributed by atoms with Gasteiger partial charge in [-0.2, -0.15) is 0 Å². The summed E-state index contributed by atoms with van der Waals surface area (Å²) in [7, 11) is 1.76. The van der Waals surface area contributed by atoms with Crippen LogP contribution in [0.1, 0.15) is 82.3 Å². The minimum atomic E-state index is 0.785. The fraction of sp³-hybridized carbons (Fsp3) is 0.533. The van der Waals surface area contributed by atoms with Crippen LogP contribution in [0.2, 0.25) is 0 Å². The summed E-state index contributed by atoms with van der Waals surface area (Å²) >= 11 is 0. The number of allylic oxidation sites excluding steroid dienone is 1. The van der Waals surface area contributed by atoms with Gasteiger partial charge in [-0.05, 0) is 97.6 Å². The van der Waals surface area contributed by atoms with Crippen molar-refractivity contribution in [2.45, 2.75) is 84.0 Å². The number of methoxy groups -OCH3 is 1. The maximum Gasteiger partial charge on any atom is 0.119 e. The molecule has 2 aromatic rings. The lowest BCUT2D eigenvalue weighted by atomic mass is 9.80. The van der Waals surface area contributed by atoms with Crippen molar-refractivity contribution in [2.75, 3.05) is 7.11 Å². The van der Waals surface area contributed by atoms with Gasteiger partial charge in [-0.25, -0.2) is 0 Å². The van der Waals surface area contributed by atoms with Crippen molar-refractivity contribution in [1.82, 2.24) is 0 Å². The van der Waals surface area contributed by atoms with E-state index in [2.05, 4.69) is 62.0 Å². The number of ether oxygens (including phenoxy) is 1. The van der Waals surface area contributed by atoms with Crippen molar-refractivity contribution >= 4 is 0 Å². The Balaban J connectivity index is 1.51. The molecule has 1 heteroatoms. The smallest absolute Gasteiger partial charge is 0.119 e. The maximum atomic E-state index is 5.48. The molecule has 0 aliphatic heterocycles. The van der Waals surface area contributed by atoms with E-state index < -0.39 is 0 Å². The summed E-state index contributed by atoms with van der Waals surface area (Å²) < 4.78 is 5.48.